The van der Waals surface area contributed by atoms with Crippen molar-refractivity contribution in [1.29, 1.82) is 0 Å². The van der Waals surface area contributed by atoms with Gasteiger partial charge in [0.1, 0.15) is 0 Å². The van der Waals surface area contributed by atoms with Crippen LogP contribution < -0.4 is 11.0 Å². The van der Waals surface area contributed by atoms with E-state index in [0.717, 1.165) is 6.54 Å². The second-order valence-electron chi connectivity index (χ2n) is 4.71. The Morgan fingerprint density at radius 3 is 2.21 bits per heavy atom. The number of hydrogen-bond donors (Lipinski definition) is 2. The third-order valence-corrected chi connectivity index (χ3v) is 2.62. The fraction of sp³-hybridized carbons (Fsp3) is 0.875. The Balaban J connectivity index is 0. The van der Waals surface area contributed by atoms with Crippen LogP contribution in [0.25, 0.3) is 0 Å². The standard InChI is InChI=1S/C12H25N3.2C2H6/c1-4-5-6-7-8-12-9-13-14-15(12)10-11(2)3;2*1-2/h9,11,13-14H,4-8,10H2,1-3H3;2*1-2H3. The summed E-state index contributed by atoms with van der Waals surface area (Å²) in [7, 11) is 0. The van der Waals surface area contributed by atoms with Gasteiger partial charge in [-0.15, -0.1) is 5.53 Å². The Morgan fingerprint density at radius 2 is 1.68 bits per heavy atom. The molecule has 0 aromatic heterocycles. The molecule has 0 aliphatic carbocycles. The van der Waals surface area contributed by atoms with Crippen molar-refractivity contribution in [2.75, 3.05) is 6.54 Å². The summed E-state index contributed by atoms with van der Waals surface area (Å²) in [6.07, 6.45) is 8.60. The molecule has 0 atom stereocenters. The van der Waals surface area contributed by atoms with Gasteiger partial charge in [0.15, 0.2) is 0 Å². The van der Waals surface area contributed by atoms with Crippen LogP contribution in [0.3, 0.4) is 0 Å². The number of nitrogens with zero attached hydrogens (tertiary/aromatic N) is 1. The SMILES string of the molecule is CC.CC.CCCCCCC1=CNNN1CC(C)C. The largest absolute Gasteiger partial charge is 0.309 e. The van der Waals surface area contributed by atoms with E-state index in [1.54, 1.807) is 0 Å². The van der Waals surface area contributed by atoms with Gasteiger partial charge >= 0.3 is 0 Å². The second-order valence-corrected chi connectivity index (χ2v) is 4.71. The third kappa shape index (κ3) is 10.9. The molecule has 0 fully saturated rings. The summed E-state index contributed by atoms with van der Waals surface area (Å²) in [6, 6.07) is 0. The zero-order valence-corrected chi connectivity index (χ0v) is 14.3. The van der Waals surface area contributed by atoms with E-state index in [9.17, 15) is 0 Å². The first-order chi connectivity index (χ1) is 9.24. The molecule has 1 aliphatic heterocycles. The average Bonchev–Trinajstić information content (AvgIpc) is 2.86. The Hall–Kier alpha value is -0.700. The molecule has 116 valence electrons. The van der Waals surface area contributed by atoms with Crippen molar-refractivity contribution in [3.05, 3.63) is 11.9 Å². The van der Waals surface area contributed by atoms with Gasteiger partial charge in [0.25, 0.3) is 0 Å². The van der Waals surface area contributed by atoms with Crippen LogP contribution in [0, 0.1) is 5.92 Å². The molecule has 0 radical (unpaired) electrons. The van der Waals surface area contributed by atoms with Crippen molar-refractivity contribution in [3.8, 4) is 0 Å². The number of unbranched alkanes of at least 4 members (excludes halogenated alkanes) is 3. The number of allylic oxidation sites excluding steroid dienone is 1. The molecule has 0 aromatic carbocycles. The highest BCUT2D eigenvalue weighted by molar-refractivity contribution is 5.02. The van der Waals surface area contributed by atoms with Gasteiger partial charge in [0.05, 0.1) is 0 Å². The van der Waals surface area contributed by atoms with Crippen LogP contribution in [0.5, 0.6) is 0 Å². The molecule has 0 unspecified atom stereocenters. The Labute approximate surface area is 121 Å². The lowest BCUT2D eigenvalue weighted by molar-refractivity contribution is 0.217. The number of nitrogens with one attached hydrogen (secondary N) is 2. The minimum atomic E-state index is 0.691. The van der Waals surface area contributed by atoms with E-state index in [0.29, 0.717) is 5.92 Å². The summed E-state index contributed by atoms with van der Waals surface area (Å²) in [5, 5.41) is 2.23. The van der Waals surface area contributed by atoms with E-state index in [1.807, 2.05) is 27.7 Å². The van der Waals surface area contributed by atoms with Crippen LogP contribution in [0.15, 0.2) is 11.9 Å². The summed E-state index contributed by atoms with van der Waals surface area (Å²) in [5.41, 5.74) is 7.65. The lowest BCUT2D eigenvalue weighted by Gasteiger charge is -2.23. The molecule has 0 amide bonds. The van der Waals surface area contributed by atoms with Crippen LogP contribution in [0.2, 0.25) is 0 Å². The topological polar surface area (TPSA) is 27.3 Å². The monoisotopic (exact) mass is 271 g/mol. The number of hydrazine groups is 2. The van der Waals surface area contributed by atoms with Crippen LogP contribution in [0.4, 0.5) is 0 Å². The smallest absolute Gasteiger partial charge is 0.0483 e. The van der Waals surface area contributed by atoms with E-state index < -0.39 is 0 Å². The first kappa shape index (κ1) is 20.6. The Kier molecular flexibility index (Phi) is 16.7. The maximum atomic E-state index is 3.17. The zero-order valence-electron chi connectivity index (χ0n) is 14.3. The molecule has 19 heavy (non-hydrogen) atoms. The molecule has 0 spiro atoms. The lowest BCUT2D eigenvalue weighted by atomic mass is 10.1. The van der Waals surface area contributed by atoms with Crippen LogP contribution in [0.1, 0.15) is 80.6 Å². The van der Waals surface area contributed by atoms with E-state index in [-0.39, 0.29) is 0 Å². The predicted molar refractivity (Wildman–Crippen MR) is 87.4 cm³/mol. The summed E-state index contributed by atoms with van der Waals surface area (Å²) in [5.74, 6) is 0.691. The normalized spacial score (nSPS) is 13.1. The van der Waals surface area contributed by atoms with Gasteiger partial charge in [-0.3, -0.25) is 5.01 Å². The Morgan fingerprint density at radius 1 is 1.05 bits per heavy atom. The third-order valence-electron chi connectivity index (χ3n) is 2.62. The first-order valence-corrected chi connectivity index (χ1v) is 8.21. The zero-order chi connectivity index (χ0) is 15.1. The first-order valence-electron chi connectivity index (χ1n) is 8.21. The van der Waals surface area contributed by atoms with Gasteiger partial charge in [0, 0.05) is 18.4 Å². The maximum absolute atomic E-state index is 3.17. The molecule has 0 saturated carbocycles. The molecule has 3 heteroatoms. The van der Waals surface area contributed by atoms with Gasteiger partial charge in [-0.1, -0.05) is 67.7 Å². The van der Waals surface area contributed by atoms with Gasteiger partial charge in [0.2, 0.25) is 0 Å². The summed E-state index contributed by atoms with van der Waals surface area (Å²) in [4.78, 5) is 0. The molecule has 1 aliphatic rings. The van der Waals surface area contributed by atoms with Crippen molar-refractivity contribution < 1.29 is 0 Å². The van der Waals surface area contributed by atoms with Crippen molar-refractivity contribution in [2.24, 2.45) is 5.92 Å². The molecule has 0 bridgehead atoms. The van der Waals surface area contributed by atoms with E-state index in [4.69, 9.17) is 0 Å². The minimum absolute atomic E-state index is 0.691. The highest BCUT2D eigenvalue weighted by Crippen LogP contribution is 2.15. The fourth-order valence-corrected chi connectivity index (χ4v) is 1.81. The van der Waals surface area contributed by atoms with Crippen molar-refractivity contribution >= 4 is 0 Å². The summed E-state index contributed by atoms with van der Waals surface area (Å²) >= 11 is 0. The minimum Gasteiger partial charge on any atom is -0.309 e. The van der Waals surface area contributed by atoms with Gasteiger partial charge in [-0.2, -0.15) is 0 Å². The molecular formula is C16H37N3. The Bertz CT molecular complexity index is 200. The van der Waals surface area contributed by atoms with Crippen molar-refractivity contribution in [2.45, 2.75) is 80.6 Å². The highest BCUT2D eigenvalue weighted by Gasteiger charge is 2.14. The van der Waals surface area contributed by atoms with Gasteiger partial charge < -0.3 is 5.43 Å². The van der Waals surface area contributed by atoms with E-state index >= 15 is 0 Å². The van der Waals surface area contributed by atoms with Crippen LogP contribution in [-0.4, -0.2) is 11.6 Å². The maximum Gasteiger partial charge on any atom is 0.0483 e. The number of rotatable bonds is 7. The quantitative estimate of drug-likeness (QED) is 0.649. The van der Waals surface area contributed by atoms with Crippen molar-refractivity contribution in [1.82, 2.24) is 16.0 Å². The fourth-order valence-electron chi connectivity index (χ4n) is 1.81. The van der Waals surface area contributed by atoms with Crippen LogP contribution >= 0.6 is 0 Å². The van der Waals surface area contributed by atoms with E-state index in [1.165, 1.54) is 37.8 Å². The predicted octanol–water partition coefficient (Wildman–Crippen LogP) is 4.83. The molecular weight excluding hydrogens is 234 g/mol. The molecule has 0 aromatic rings. The lowest BCUT2D eigenvalue weighted by Crippen LogP contribution is -2.39. The highest BCUT2D eigenvalue weighted by atomic mass is 15.7. The van der Waals surface area contributed by atoms with Gasteiger partial charge in [-0.25, -0.2) is 0 Å². The molecule has 1 heterocycles. The molecule has 1 rings (SSSR count). The molecule has 2 N–H and O–H groups in total. The summed E-state index contributed by atoms with van der Waals surface area (Å²) in [6.45, 7) is 15.8. The van der Waals surface area contributed by atoms with E-state index in [2.05, 4.69) is 42.9 Å². The molecule has 0 saturated heterocycles. The number of hydrogen-bond acceptors (Lipinski definition) is 3. The van der Waals surface area contributed by atoms with Gasteiger partial charge in [-0.05, 0) is 18.8 Å². The van der Waals surface area contributed by atoms with Crippen LogP contribution in [-0.2, 0) is 0 Å². The second kappa shape index (κ2) is 15.4. The average molecular weight is 271 g/mol. The molecule has 3 nitrogen and oxygen atoms in total. The van der Waals surface area contributed by atoms with Crippen molar-refractivity contribution in [3.63, 3.8) is 0 Å². The summed E-state index contributed by atoms with van der Waals surface area (Å²) < 4.78 is 0.